The van der Waals surface area contributed by atoms with Crippen LogP contribution in [0, 0.1) is 6.92 Å². The van der Waals surface area contributed by atoms with Gasteiger partial charge in [0.2, 0.25) is 0 Å². The average Bonchev–Trinajstić information content (AvgIpc) is 3.13. The van der Waals surface area contributed by atoms with Crippen molar-refractivity contribution in [3.8, 4) is 0 Å². The monoisotopic (exact) mass is 329 g/mol. The van der Waals surface area contributed by atoms with E-state index in [9.17, 15) is 9.59 Å². The van der Waals surface area contributed by atoms with Gasteiger partial charge in [0.1, 0.15) is 4.88 Å². The van der Waals surface area contributed by atoms with Gasteiger partial charge in [-0.05, 0) is 43.7 Å². The molecule has 2 aromatic heterocycles. The van der Waals surface area contributed by atoms with E-state index in [4.69, 9.17) is 4.74 Å². The SMILES string of the molecule is CCOC(=O)c1sc(NC(=O)c2ccc3nc[nH]c3c2)cc1C. The molecule has 1 amide bonds. The number of H-pyrrole nitrogens is 1. The number of ether oxygens (including phenoxy) is 1. The second-order valence-electron chi connectivity index (χ2n) is 4.93. The van der Waals surface area contributed by atoms with E-state index in [0.29, 0.717) is 22.0 Å². The van der Waals surface area contributed by atoms with E-state index in [1.165, 1.54) is 11.3 Å². The summed E-state index contributed by atoms with van der Waals surface area (Å²) in [4.78, 5) is 31.8. The average molecular weight is 329 g/mol. The number of fused-ring (bicyclic) bond motifs is 1. The number of benzene rings is 1. The second kappa shape index (κ2) is 6.21. The summed E-state index contributed by atoms with van der Waals surface area (Å²) in [6.07, 6.45) is 1.58. The van der Waals surface area contributed by atoms with E-state index in [1.54, 1.807) is 37.5 Å². The van der Waals surface area contributed by atoms with Crippen molar-refractivity contribution in [2.24, 2.45) is 0 Å². The summed E-state index contributed by atoms with van der Waals surface area (Å²) in [5.41, 5.74) is 2.91. The minimum Gasteiger partial charge on any atom is -0.462 e. The van der Waals surface area contributed by atoms with Gasteiger partial charge in [0.25, 0.3) is 5.91 Å². The van der Waals surface area contributed by atoms with Crippen molar-refractivity contribution in [2.45, 2.75) is 13.8 Å². The summed E-state index contributed by atoms with van der Waals surface area (Å²) in [6.45, 7) is 3.90. The quantitative estimate of drug-likeness (QED) is 0.719. The molecule has 2 N–H and O–H groups in total. The smallest absolute Gasteiger partial charge is 0.348 e. The van der Waals surface area contributed by atoms with Crippen molar-refractivity contribution < 1.29 is 14.3 Å². The maximum Gasteiger partial charge on any atom is 0.348 e. The zero-order valence-corrected chi connectivity index (χ0v) is 13.5. The molecule has 0 saturated carbocycles. The Morgan fingerprint density at radius 1 is 1.35 bits per heavy atom. The van der Waals surface area contributed by atoms with Gasteiger partial charge in [-0.1, -0.05) is 0 Å². The molecule has 7 heteroatoms. The first kappa shape index (κ1) is 15.2. The number of aromatic nitrogens is 2. The summed E-state index contributed by atoms with van der Waals surface area (Å²) >= 11 is 1.21. The van der Waals surface area contributed by atoms with Gasteiger partial charge in [0, 0.05) is 5.56 Å². The van der Waals surface area contributed by atoms with Gasteiger partial charge in [-0.15, -0.1) is 11.3 Å². The number of imidazole rings is 1. The highest BCUT2D eigenvalue weighted by atomic mass is 32.1. The Morgan fingerprint density at radius 2 is 2.17 bits per heavy atom. The first-order valence-electron chi connectivity index (χ1n) is 7.10. The van der Waals surface area contributed by atoms with Crippen LogP contribution in [0.15, 0.2) is 30.6 Å². The molecule has 3 aromatic rings. The topological polar surface area (TPSA) is 84.1 Å². The lowest BCUT2D eigenvalue weighted by atomic mass is 10.2. The molecule has 0 aliphatic heterocycles. The first-order chi connectivity index (χ1) is 11.1. The van der Waals surface area contributed by atoms with Crippen molar-refractivity contribution in [1.29, 1.82) is 0 Å². The van der Waals surface area contributed by atoms with Crippen LogP contribution in [0.2, 0.25) is 0 Å². The predicted molar refractivity (Wildman–Crippen MR) is 89.1 cm³/mol. The lowest BCUT2D eigenvalue weighted by Crippen LogP contribution is -2.10. The van der Waals surface area contributed by atoms with Crippen LogP contribution in [-0.4, -0.2) is 28.5 Å². The lowest BCUT2D eigenvalue weighted by molar-refractivity contribution is 0.0531. The summed E-state index contributed by atoms with van der Waals surface area (Å²) in [7, 11) is 0. The first-order valence-corrected chi connectivity index (χ1v) is 7.92. The highest BCUT2D eigenvalue weighted by molar-refractivity contribution is 7.18. The molecule has 0 unspecified atom stereocenters. The van der Waals surface area contributed by atoms with Crippen LogP contribution >= 0.6 is 11.3 Å². The fourth-order valence-electron chi connectivity index (χ4n) is 2.20. The van der Waals surface area contributed by atoms with Gasteiger partial charge in [-0.2, -0.15) is 0 Å². The summed E-state index contributed by atoms with van der Waals surface area (Å²) in [5, 5.41) is 3.42. The van der Waals surface area contributed by atoms with Crippen molar-refractivity contribution in [2.75, 3.05) is 11.9 Å². The third-order valence-electron chi connectivity index (χ3n) is 3.30. The fourth-order valence-corrected chi connectivity index (χ4v) is 3.17. The van der Waals surface area contributed by atoms with Crippen molar-refractivity contribution >= 4 is 39.2 Å². The van der Waals surface area contributed by atoms with Gasteiger partial charge in [-0.25, -0.2) is 9.78 Å². The zero-order chi connectivity index (χ0) is 16.4. The number of aryl methyl sites for hydroxylation is 1. The largest absolute Gasteiger partial charge is 0.462 e. The fraction of sp³-hybridized carbons (Fsp3) is 0.188. The number of hydrogen-bond donors (Lipinski definition) is 2. The molecule has 0 fully saturated rings. The number of carbonyl (C=O) groups excluding carboxylic acids is 2. The summed E-state index contributed by atoms with van der Waals surface area (Å²) < 4.78 is 5.00. The van der Waals surface area contributed by atoms with Crippen molar-refractivity contribution in [3.05, 3.63) is 46.6 Å². The number of rotatable bonds is 4. The van der Waals surface area contributed by atoms with Gasteiger partial charge in [0.05, 0.1) is 29.0 Å². The maximum atomic E-state index is 12.3. The van der Waals surface area contributed by atoms with Gasteiger partial charge in [0.15, 0.2) is 0 Å². The third-order valence-corrected chi connectivity index (χ3v) is 4.43. The number of anilines is 1. The number of aromatic amines is 1. The molecule has 0 radical (unpaired) electrons. The maximum absolute atomic E-state index is 12.3. The molecule has 3 rings (SSSR count). The molecule has 2 heterocycles. The zero-order valence-electron chi connectivity index (χ0n) is 12.7. The van der Waals surface area contributed by atoms with Gasteiger partial charge >= 0.3 is 5.97 Å². The van der Waals surface area contributed by atoms with Crippen molar-refractivity contribution in [3.63, 3.8) is 0 Å². The van der Waals surface area contributed by atoms with E-state index in [-0.39, 0.29) is 11.9 Å². The van der Waals surface area contributed by atoms with Gasteiger partial charge < -0.3 is 15.0 Å². The van der Waals surface area contributed by atoms with Crippen LogP contribution in [0.3, 0.4) is 0 Å². The number of carbonyl (C=O) groups is 2. The van der Waals surface area contributed by atoms with E-state index in [1.807, 2.05) is 6.92 Å². The number of nitrogens with one attached hydrogen (secondary N) is 2. The second-order valence-corrected chi connectivity index (χ2v) is 5.98. The Kier molecular flexibility index (Phi) is 4.12. The molecule has 6 nitrogen and oxygen atoms in total. The highest BCUT2D eigenvalue weighted by Crippen LogP contribution is 2.28. The van der Waals surface area contributed by atoms with Crippen LogP contribution in [0.1, 0.15) is 32.5 Å². The van der Waals surface area contributed by atoms with E-state index in [2.05, 4.69) is 15.3 Å². The third kappa shape index (κ3) is 3.09. The summed E-state index contributed by atoms with van der Waals surface area (Å²) in [5.74, 6) is -0.604. The van der Waals surface area contributed by atoms with Crippen LogP contribution < -0.4 is 5.32 Å². The van der Waals surface area contributed by atoms with Crippen LogP contribution in [0.5, 0.6) is 0 Å². The molecule has 0 saturated heterocycles. The summed E-state index contributed by atoms with van der Waals surface area (Å²) in [6, 6.07) is 7.00. The molecular weight excluding hydrogens is 314 g/mol. The number of hydrogen-bond acceptors (Lipinski definition) is 5. The lowest BCUT2D eigenvalue weighted by Gasteiger charge is -2.02. The number of thiophene rings is 1. The van der Waals surface area contributed by atoms with E-state index >= 15 is 0 Å². The molecule has 0 aliphatic rings. The molecule has 0 atom stereocenters. The Hall–Kier alpha value is -2.67. The standard InChI is InChI=1S/C16H15N3O3S/c1-3-22-16(21)14-9(2)6-13(23-14)19-15(20)10-4-5-11-12(7-10)18-8-17-11/h4-8H,3H2,1-2H3,(H,17,18)(H,19,20). The molecule has 0 aliphatic carbocycles. The minimum absolute atomic E-state index is 0.238. The normalized spacial score (nSPS) is 10.7. The molecule has 118 valence electrons. The molecular formula is C16H15N3O3S. The molecule has 0 bridgehead atoms. The van der Waals surface area contributed by atoms with Crippen LogP contribution in [0.4, 0.5) is 5.00 Å². The Morgan fingerprint density at radius 3 is 2.96 bits per heavy atom. The number of nitrogens with zero attached hydrogens (tertiary/aromatic N) is 1. The predicted octanol–water partition coefficient (Wildman–Crippen LogP) is 3.36. The number of esters is 1. The molecule has 23 heavy (non-hydrogen) atoms. The van der Waals surface area contributed by atoms with Crippen LogP contribution in [-0.2, 0) is 4.74 Å². The Balaban J connectivity index is 1.79. The minimum atomic E-state index is -0.366. The Bertz CT molecular complexity index is 882. The molecule has 1 aromatic carbocycles. The molecule has 0 spiro atoms. The Labute approximate surface area is 136 Å². The van der Waals surface area contributed by atoms with Gasteiger partial charge in [-0.3, -0.25) is 4.79 Å². The number of amides is 1. The van der Waals surface area contributed by atoms with Crippen LogP contribution in [0.25, 0.3) is 11.0 Å². The highest BCUT2D eigenvalue weighted by Gasteiger charge is 2.16. The van der Waals surface area contributed by atoms with E-state index in [0.717, 1.165) is 16.6 Å². The van der Waals surface area contributed by atoms with E-state index < -0.39 is 0 Å². The van der Waals surface area contributed by atoms with Crippen molar-refractivity contribution in [1.82, 2.24) is 9.97 Å².